The molecule has 0 bridgehead atoms. The van der Waals surface area contributed by atoms with E-state index < -0.39 is 15.8 Å². The van der Waals surface area contributed by atoms with Crippen LogP contribution in [-0.2, 0) is 37.3 Å². The van der Waals surface area contributed by atoms with E-state index in [2.05, 4.69) is 5.32 Å². The Morgan fingerprint density at radius 3 is 2.45 bits per heavy atom. The predicted molar refractivity (Wildman–Crippen MR) is 167 cm³/mol. The molecule has 1 N–H and O–H groups in total. The van der Waals surface area contributed by atoms with Crippen LogP contribution >= 0.6 is 0 Å². The lowest BCUT2D eigenvalue weighted by atomic mass is 10.0. The third kappa shape index (κ3) is 8.72. The number of sulfonamides is 1. The van der Waals surface area contributed by atoms with Crippen LogP contribution in [-0.4, -0.2) is 82.0 Å². The van der Waals surface area contributed by atoms with E-state index in [4.69, 9.17) is 18.9 Å². The fraction of sp³-hybridized carbons (Fsp3) is 0.606. The Kier molecular flexibility index (Phi) is 11.2. The minimum absolute atomic E-state index is 0.249. The molecule has 2 saturated heterocycles. The summed E-state index contributed by atoms with van der Waals surface area (Å²) in [5.41, 5.74) is 3.09. The number of nitrogens with one attached hydrogen (secondary N) is 1. The van der Waals surface area contributed by atoms with E-state index in [0.717, 1.165) is 80.6 Å². The average molecular weight is 630 g/mol. The third-order valence-corrected chi connectivity index (χ3v) is 10.3. The van der Waals surface area contributed by atoms with Crippen LogP contribution in [0.2, 0.25) is 0 Å². The lowest BCUT2D eigenvalue weighted by molar-refractivity contribution is -0.180. The number of carbonyl (C=O) groups is 1. The van der Waals surface area contributed by atoms with Crippen LogP contribution in [0.3, 0.4) is 0 Å². The first kappa shape index (κ1) is 32.7. The van der Waals surface area contributed by atoms with Gasteiger partial charge in [0.15, 0.2) is 0 Å². The number of carbonyl (C=O) groups excluding carboxylic acids is 1. The molecule has 242 valence electrons. The number of unbranched alkanes of at least 4 members (excludes halogenated alkanes) is 4. The maximum absolute atomic E-state index is 12.8. The summed E-state index contributed by atoms with van der Waals surface area (Å²) in [4.78, 5) is 14.6. The lowest BCUT2D eigenvalue weighted by Crippen LogP contribution is -2.46. The van der Waals surface area contributed by atoms with E-state index in [0.29, 0.717) is 50.8 Å². The summed E-state index contributed by atoms with van der Waals surface area (Å²) in [6.45, 7) is 9.43. The van der Waals surface area contributed by atoms with Gasteiger partial charge in [0.05, 0.1) is 18.0 Å². The smallest absolute Gasteiger partial charge is 0.410 e. The molecule has 10 nitrogen and oxygen atoms in total. The lowest BCUT2D eigenvalue weighted by Gasteiger charge is -2.32. The summed E-state index contributed by atoms with van der Waals surface area (Å²) in [7, 11) is -3.40. The Balaban J connectivity index is 0.893. The fourth-order valence-electron chi connectivity index (χ4n) is 5.78. The van der Waals surface area contributed by atoms with E-state index in [1.165, 1.54) is 0 Å². The van der Waals surface area contributed by atoms with Crippen molar-refractivity contribution in [1.29, 1.82) is 0 Å². The normalized spacial score (nSPS) is 20.3. The molecule has 5 rings (SSSR count). The van der Waals surface area contributed by atoms with Crippen LogP contribution in [0.5, 0.6) is 5.75 Å². The van der Waals surface area contributed by atoms with E-state index in [1.54, 1.807) is 21.3 Å². The topological polar surface area (TPSA) is 107 Å². The molecule has 2 fully saturated rings. The first-order valence-corrected chi connectivity index (χ1v) is 17.4. The van der Waals surface area contributed by atoms with Crippen molar-refractivity contribution >= 4 is 16.1 Å². The minimum atomic E-state index is -3.40. The van der Waals surface area contributed by atoms with Crippen molar-refractivity contribution in [3.63, 3.8) is 0 Å². The zero-order chi connectivity index (χ0) is 31.0. The Bertz CT molecular complexity index is 1340. The second kappa shape index (κ2) is 15.1. The zero-order valence-electron chi connectivity index (χ0n) is 26.1. The molecule has 0 aliphatic carbocycles. The molecule has 1 unspecified atom stereocenters. The molecule has 1 amide bonds. The van der Waals surface area contributed by atoms with Crippen molar-refractivity contribution in [2.45, 2.75) is 82.2 Å². The molecule has 11 heteroatoms. The average Bonchev–Trinajstić information content (AvgIpc) is 3.39. The van der Waals surface area contributed by atoms with Gasteiger partial charge in [0.1, 0.15) is 11.9 Å². The molecule has 1 atom stereocenters. The molecular weight excluding hydrogens is 582 g/mol. The molecule has 3 aliphatic rings. The molecule has 3 heterocycles. The minimum Gasteiger partial charge on any atom is -0.463 e. The largest absolute Gasteiger partial charge is 0.463 e. The molecule has 2 aromatic carbocycles. The van der Waals surface area contributed by atoms with Crippen LogP contribution < -0.4 is 10.1 Å². The number of ether oxygens (including phenoxy) is 4. The fourth-order valence-corrected chi connectivity index (χ4v) is 7.22. The molecule has 3 aliphatic heterocycles. The maximum atomic E-state index is 12.8. The van der Waals surface area contributed by atoms with Crippen molar-refractivity contribution < 1.29 is 32.2 Å². The van der Waals surface area contributed by atoms with E-state index in [-0.39, 0.29) is 12.2 Å². The molecule has 2 aromatic rings. The van der Waals surface area contributed by atoms with Crippen molar-refractivity contribution in [1.82, 2.24) is 14.5 Å². The molecule has 0 aromatic heterocycles. The van der Waals surface area contributed by atoms with Crippen LogP contribution in [0.15, 0.2) is 47.4 Å². The quantitative estimate of drug-likeness (QED) is 0.274. The van der Waals surface area contributed by atoms with Gasteiger partial charge in [0.2, 0.25) is 15.8 Å². The maximum Gasteiger partial charge on any atom is 0.410 e. The summed E-state index contributed by atoms with van der Waals surface area (Å²) in [5.74, 6) is 0.187. The Hall–Kier alpha value is -2.70. The van der Waals surface area contributed by atoms with Gasteiger partial charge in [-0.15, -0.1) is 0 Å². The van der Waals surface area contributed by atoms with Gasteiger partial charge in [-0.1, -0.05) is 31.0 Å². The number of rotatable bonds is 15. The van der Waals surface area contributed by atoms with Gasteiger partial charge in [-0.2, -0.15) is 4.31 Å². The molecule has 44 heavy (non-hydrogen) atoms. The first-order chi connectivity index (χ1) is 21.2. The Morgan fingerprint density at radius 1 is 0.955 bits per heavy atom. The monoisotopic (exact) mass is 629 g/mol. The van der Waals surface area contributed by atoms with Crippen LogP contribution in [0.4, 0.5) is 4.79 Å². The number of hydrogen-bond donors (Lipinski definition) is 1. The number of fused-ring (bicyclic) bond motifs is 1. The number of nitrogens with zero attached hydrogens (tertiary/aromatic N) is 2. The summed E-state index contributed by atoms with van der Waals surface area (Å²) >= 11 is 0. The molecule has 0 radical (unpaired) electrons. The summed E-state index contributed by atoms with van der Waals surface area (Å²) in [6, 6.07) is 13.3. The number of benzene rings is 2. The van der Waals surface area contributed by atoms with Gasteiger partial charge in [0, 0.05) is 65.3 Å². The van der Waals surface area contributed by atoms with Gasteiger partial charge >= 0.3 is 6.09 Å². The highest BCUT2D eigenvalue weighted by molar-refractivity contribution is 7.89. The van der Waals surface area contributed by atoms with Gasteiger partial charge < -0.3 is 29.2 Å². The molecule has 0 spiro atoms. The highest BCUT2D eigenvalue weighted by Crippen LogP contribution is 2.35. The van der Waals surface area contributed by atoms with E-state index in [1.807, 2.05) is 44.2 Å². The van der Waals surface area contributed by atoms with E-state index >= 15 is 0 Å². The predicted octanol–water partition coefficient (Wildman–Crippen LogP) is 5.02. The Labute approximate surface area is 262 Å². The van der Waals surface area contributed by atoms with Crippen molar-refractivity contribution in [2.75, 3.05) is 52.5 Å². The number of aryl methyl sites for hydroxylation is 1. The van der Waals surface area contributed by atoms with E-state index in [9.17, 15) is 13.2 Å². The van der Waals surface area contributed by atoms with Gasteiger partial charge in [0.25, 0.3) is 0 Å². The number of cyclic esters (lactones) is 1. The van der Waals surface area contributed by atoms with Crippen LogP contribution in [0.25, 0.3) is 0 Å². The molecule has 0 saturated carbocycles. The molecular formula is C33H47N3O7S. The Morgan fingerprint density at radius 2 is 1.68 bits per heavy atom. The summed E-state index contributed by atoms with van der Waals surface area (Å²) in [6.07, 6.45) is 6.42. The third-order valence-electron chi connectivity index (χ3n) is 8.38. The highest BCUT2D eigenvalue weighted by Gasteiger charge is 2.34. The SMILES string of the molecule is CC1(C)OCc2cc(C3CN(CCCCCCOCCCCc4ccc(S(=O)(=O)N5CCNCC5)cc4)C(=O)O3)ccc2O1. The zero-order valence-corrected chi connectivity index (χ0v) is 26.9. The van der Waals surface area contributed by atoms with Gasteiger partial charge in [-0.3, -0.25) is 0 Å². The van der Waals surface area contributed by atoms with Crippen molar-refractivity contribution in [3.8, 4) is 5.75 Å². The van der Waals surface area contributed by atoms with Crippen molar-refractivity contribution in [2.24, 2.45) is 0 Å². The number of amides is 1. The standard InChI is InChI=1S/C33H47N3O7S/c1-33(2)41-25-28-23-27(12-15-30(28)43-33)31-24-35(32(37)42-31)18-6-3-4-7-21-40-22-8-5-9-26-10-13-29(14-11-26)44(38,39)36-19-16-34-17-20-36/h10-15,23,31,34H,3-9,16-22,24-25H2,1-2H3. The number of hydrogen-bond acceptors (Lipinski definition) is 8. The summed E-state index contributed by atoms with van der Waals surface area (Å²) < 4.78 is 50.2. The van der Waals surface area contributed by atoms with Crippen LogP contribution in [0, 0.1) is 0 Å². The van der Waals surface area contributed by atoms with Gasteiger partial charge in [-0.05, 0) is 67.5 Å². The van der Waals surface area contributed by atoms with Crippen LogP contribution in [0.1, 0.15) is 75.2 Å². The first-order valence-electron chi connectivity index (χ1n) is 16.0. The highest BCUT2D eigenvalue weighted by atomic mass is 32.2. The summed E-state index contributed by atoms with van der Waals surface area (Å²) in [5, 5.41) is 3.19. The van der Waals surface area contributed by atoms with Crippen molar-refractivity contribution in [3.05, 3.63) is 59.2 Å². The van der Waals surface area contributed by atoms with Gasteiger partial charge in [-0.25, -0.2) is 13.2 Å². The second-order valence-corrected chi connectivity index (χ2v) is 14.2. The number of piperazine rings is 1. The second-order valence-electron chi connectivity index (χ2n) is 12.3.